The van der Waals surface area contributed by atoms with Crippen LogP contribution < -0.4 is 0 Å². The smallest absolute Gasteiger partial charge is 0.0319 e. The second kappa shape index (κ2) is 16.1. The Balaban J connectivity index is -0.000000325. The Bertz CT molecular complexity index is 260. The summed E-state index contributed by atoms with van der Waals surface area (Å²) in [5.41, 5.74) is 4.81. The van der Waals surface area contributed by atoms with Crippen LogP contribution in [-0.2, 0) is 21.7 Å². The molecule has 0 saturated heterocycles. The fourth-order valence-electron chi connectivity index (χ4n) is 2.46. The van der Waals surface area contributed by atoms with E-state index in [2.05, 4.69) is 19.9 Å². The average Bonchev–Trinajstić information content (AvgIpc) is 2.82. The van der Waals surface area contributed by atoms with Gasteiger partial charge in [-0.05, 0) is 0 Å². The predicted molar refractivity (Wildman–Crippen MR) is 76.1 cm³/mol. The molecular weight excluding hydrogens is 276 g/mol. The Labute approximate surface area is 133 Å². The first-order valence-electron chi connectivity index (χ1n) is 6.51. The van der Waals surface area contributed by atoms with Crippen LogP contribution in [-0.4, -0.2) is 36.6 Å². The molecule has 2 rings (SSSR count). The molecule has 112 valence electrons. The van der Waals surface area contributed by atoms with Crippen LogP contribution in [0.4, 0.5) is 0 Å². The van der Waals surface area contributed by atoms with E-state index in [1.165, 1.54) is 32.1 Å². The standard InChI is InChI=1S/C12H17.3CH4O.Ti/c1-3-10-8-11-6-4-5-7-12(11)9(10)2;3*1-2;/h9H,3-7H2,1-2H3;3*2H,1H3;/q-1;;;;. The van der Waals surface area contributed by atoms with E-state index in [4.69, 9.17) is 15.3 Å². The van der Waals surface area contributed by atoms with E-state index in [1.807, 2.05) is 0 Å². The van der Waals surface area contributed by atoms with Gasteiger partial charge in [0.15, 0.2) is 0 Å². The summed E-state index contributed by atoms with van der Waals surface area (Å²) in [4.78, 5) is 0. The van der Waals surface area contributed by atoms with Gasteiger partial charge in [0.2, 0.25) is 0 Å². The van der Waals surface area contributed by atoms with Crippen molar-refractivity contribution < 1.29 is 37.0 Å². The van der Waals surface area contributed by atoms with Crippen LogP contribution in [0, 0.1) is 12.0 Å². The SMILES string of the molecule is CCC1=[C-]C2=C(CCCC2)C1C.CO.CO.CO.[Ti]. The van der Waals surface area contributed by atoms with Crippen molar-refractivity contribution in [2.24, 2.45) is 5.92 Å². The summed E-state index contributed by atoms with van der Waals surface area (Å²) >= 11 is 0. The van der Waals surface area contributed by atoms with Gasteiger partial charge in [-0.2, -0.15) is 5.57 Å². The number of hydrogen-bond donors (Lipinski definition) is 3. The summed E-state index contributed by atoms with van der Waals surface area (Å²) < 4.78 is 0. The van der Waals surface area contributed by atoms with E-state index in [-0.39, 0.29) is 21.7 Å². The van der Waals surface area contributed by atoms with Crippen molar-refractivity contribution in [2.45, 2.75) is 46.0 Å². The topological polar surface area (TPSA) is 60.7 Å². The summed E-state index contributed by atoms with van der Waals surface area (Å²) in [6, 6.07) is 0. The molecule has 0 fully saturated rings. The second-order valence-electron chi connectivity index (χ2n) is 3.94. The Kier molecular flexibility index (Phi) is 20.5. The molecule has 3 N–H and O–H groups in total. The zero-order valence-corrected chi connectivity index (χ0v) is 14.5. The molecule has 2 aliphatic rings. The van der Waals surface area contributed by atoms with E-state index in [0.717, 1.165) is 27.2 Å². The van der Waals surface area contributed by atoms with Crippen LogP contribution >= 0.6 is 0 Å². The number of allylic oxidation sites excluding steroid dienone is 4. The van der Waals surface area contributed by atoms with Crippen LogP contribution in [0.3, 0.4) is 0 Å². The van der Waals surface area contributed by atoms with Gasteiger partial charge in [0.1, 0.15) is 0 Å². The van der Waals surface area contributed by atoms with Crippen molar-refractivity contribution in [1.29, 1.82) is 0 Å². The fraction of sp³-hybridized carbons (Fsp3) is 0.733. The van der Waals surface area contributed by atoms with Gasteiger partial charge in [0.25, 0.3) is 0 Å². The molecule has 0 aromatic heterocycles. The van der Waals surface area contributed by atoms with Gasteiger partial charge in [-0.3, -0.25) is 0 Å². The Morgan fingerprint density at radius 2 is 1.47 bits per heavy atom. The molecule has 0 radical (unpaired) electrons. The third-order valence-corrected chi connectivity index (χ3v) is 3.25. The normalized spacial score (nSPS) is 19.2. The molecule has 1 unspecified atom stereocenters. The van der Waals surface area contributed by atoms with Crippen molar-refractivity contribution in [3.8, 4) is 0 Å². The number of hydrogen-bond acceptors (Lipinski definition) is 3. The molecular formula is C15H29O3Ti-. The summed E-state index contributed by atoms with van der Waals surface area (Å²) in [5.74, 6) is 0.727. The number of aliphatic hydroxyl groups is 3. The molecule has 1 atom stereocenters. The summed E-state index contributed by atoms with van der Waals surface area (Å²) in [6.07, 6.45) is 10.2. The predicted octanol–water partition coefficient (Wildman–Crippen LogP) is 2.47. The van der Waals surface area contributed by atoms with Gasteiger partial charge in [-0.15, -0.1) is 0 Å². The first-order valence-corrected chi connectivity index (χ1v) is 6.51. The minimum atomic E-state index is 0. The van der Waals surface area contributed by atoms with Gasteiger partial charge in [0.05, 0.1) is 0 Å². The first kappa shape index (κ1) is 24.1. The van der Waals surface area contributed by atoms with Gasteiger partial charge >= 0.3 is 0 Å². The van der Waals surface area contributed by atoms with Crippen molar-refractivity contribution in [1.82, 2.24) is 0 Å². The second-order valence-corrected chi connectivity index (χ2v) is 3.94. The van der Waals surface area contributed by atoms with E-state index < -0.39 is 0 Å². The average molecular weight is 305 g/mol. The Morgan fingerprint density at radius 3 is 1.89 bits per heavy atom. The quantitative estimate of drug-likeness (QED) is 0.515. The van der Waals surface area contributed by atoms with E-state index in [0.29, 0.717) is 0 Å². The molecule has 3 nitrogen and oxygen atoms in total. The van der Waals surface area contributed by atoms with Crippen molar-refractivity contribution in [2.75, 3.05) is 21.3 Å². The van der Waals surface area contributed by atoms with Crippen LogP contribution in [0.25, 0.3) is 0 Å². The van der Waals surface area contributed by atoms with Crippen LogP contribution in [0.15, 0.2) is 16.7 Å². The molecule has 0 amide bonds. The molecule has 19 heavy (non-hydrogen) atoms. The minimum absolute atomic E-state index is 0. The third-order valence-electron chi connectivity index (χ3n) is 3.25. The molecule has 2 aliphatic carbocycles. The first-order chi connectivity index (χ1) is 8.83. The minimum Gasteiger partial charge on any atom is -0.400 e. The zero-order valence-electron chi connectivity index (χ0n) is 13.0. The van der Waals surface area contributed by atoms with E-state index in [9.17, 15) is 0 Å². The van der Waals surface area contributed by atoms with Gasteiger partial charge in [0, 0.05) is 43.0 Å². The summed E-state index contributed by atoms with van der Waals surface area (Å²) in [7, 11) is 3.00. The Hall–Kier alpha value is 0.0743. The van der Waals surface area contributed by atoms with Crippen molar-refractivity contribution in [3.05, 3.63) is 22.8 Å². The number of aliphatic hydroxyl groups excluding tert-OH is 3. The van der Waals surface area contributed by atoms with E-state index >= 15 is 0 Å². The maximum absolute atomic E-state index is 7.00. The van der Waals surface area contributed by atoms with Gasteiger partial charge < -0.3 is 15.3 Å². The molecule has 0 spiro atoms. The van der Waals surface area contributed by atoms with E-state index in [1.54, 1.807) is 16.7 Å². The van der Waals surface area contributed by atoms with Crippen LogP contribution in [0.5, 0.6) is 0 Å². The van der Waals surface area contributed by atoms with Crippen LogP contribution in [0.2, 0.25) is 0 Å². The monoisotopic (exact) mass is 305 g/mol. The maximum atomic E-state index is 7.00. The largest absolute Gasteiger partial charge is 0.400 e. The molecule has 0 heterocycles. The summed E-state index contributed by atoms with van der Waals surface area (Å²) in [5, 5.41) is 21.0. The van der Waals surface area contributed by atoms with Gasteiger partial charge in [-0.1, -0.05) is 51.9 Å². The van der Waals surface area contributed by atoms with Gasteiger partial charge in [-0.25, -0.2) is 17.2 Å². The molecule has 4 heteroatoms. The number of rotatable bonds is 1. The summed E-state index contributed by atoms with van der Waals surface area (Å²) in [6.45, 7) is 4.59. The zero-order chi connectivity index (χ0) is 14.6. The molecule has 0 aliphatic heterocycles. The molecule has 0 aromatic carbocycles. The van der Waals surface area contributed by atoms with Crippen LogP contribution in [0.1, 0.15) is 46.0 Å². The fourth-order valence-corrected chi connectivity index (χ4v) is 2.46. The van der Waals surface area contributed by atoms with Crippen molar-refractivity contribution in [3.63, 3.8) is 0 Å². The molecule has 0 aromatic rings. The Morgan fingerprint density at radius 1 is 1.00 bits per heavy atom. The molecule has 0 saturated carbocycles. The third kappa shape index (κ3) is 7.43. The van der Waals surface area contributed by atoms with Crippen molar-refractivity contribution >= 4 is 0 Å². The maximum Gasteiger partial charge on any atom is 0.0319 e. The molecule has 0 bridgehead atoms.